The molecular formula is C20H29N7O. The molecule has 1 fully saturated rings. The highest BCUT2D eigenvalue weighted by Gasteiger charge is 2.21. The second-order valence-corrected chi connectivity index (χ2v) is 8.12. The summed E-state index contributed by atoms with van der Waals surface area (Å²) in [6.45, 7) is 10.7. The highest BCUT2D eigenvalue weighted by molar-refractivity contribution is 5.92. The van der Waals surface area contributed by atoms with Gasteiger partial charge in [-0.05, 0) is 24.8 Å². The zero-order chi connectivity index (χ0) is 19.5. The molecule has 0 aromatic carbocycles. The van der Waals surface area contributed by atoms with Crippen molar-refractivity contribution in [3.63, 3.8) is 0 Å². The summed E-state index contributed by atoms with van der Waals surface area (Å²) in [5.41, 5.74) is 2.65. The third-order valence-electron chi connectivity index (χ3n) is 5.25. The van der Waals surface area contributed by atoms with Gasteiger partial charge in [-0.3, -0.25) is 19.4 Å². The number of hydrogen-bond donors (Lipinski definition) is 1. The zero-order valence-corrected chi connectivity index (χ0v) is 16.8. The van der Waals surface area contributed by atoms with Gasteiger partial charge in [0.1, 0.15) is 11.5 Å². The van der Waals surface area contributed by atoms with Crippen molar-refractivity contribution in [3.8, 4) is 0 Å². The Morgan fingerprint density at radius 1 is 1.18 bits per heavy atom. The van der Waals surface area contributed by atoms with Crippen LogP contribution in [-0.4, -0.2) is 61.6 Å². The van der Waals surface area contributed by atoms with Gasteiger partial charge in [0.05, 0.1) is 36.9 Å². The van der Waals surface area contributed by atoms with Crippen molar-refractivity contribution in [2.24, 2.45) is 5.92 Å². The lowest BCUT2D eigenvalue weighted by Crippen LogP contribution is -2.36. The van der Waals surface area contributed by atoms with Crippen molar-refractivity contribution < 1.29 is 4.79 Å². The van der Waals surface area contributed by atoms with Crippen LogP contribution in [0.25, 0.3) is 0 Å². The van der Waals surface area contributed by atoms with Crippen LogP contribution in [0.3, 0.4) is 0 Å². The Hall–Kier alpha value is -2.48. The van der Waals surface area contributed by atoms with Crippen LogP contribution >= 0.6 is 0 Å². The number of amides is 1. The third kappa shape index (κ3) is 4.32. The molecule has 1 N–H and O–H groups in total. The van der Waals surface area contributed by atoms with Crippen LogP contribution in [0.4, 0.5) is 5.82 Å². The Bertz CT molecular complexity index is 826. The van der Waals surface area contributed by atoms with Crippen LogP contribution in [0.1, 0.15) is 48.6 Å². The summed E-state index contributed by atoms with van der Waals surface area (Å²) in [5.74, 6) is 1.25. The summed E-state index contributed by atoms with van der Waals surface area (Å²) in [6, 6.07) is 2.16. The molecule has 1 amide bonds. The molecule has 28 heavy (non-hydrogen) atoms. The number of hydrogen-bond acceptors (Lipinski definition) is 6. The third-order valence-corrected chi connectivity index (χ3v) is 5.25. The summed E-state index contributed by atoms with van der Waals surface area (Å²) in [6.07, 6.45) is 5.33. The average molecular weight is 384 g/mol. The maximum absolute atomic E-state index is 12.5. The fourth-order valence-corrected chi connectivity index (χ4v) is 3.96. The molecule has 8 heteroatoms. The number of carbonyl (C=O) groups excluding carboxylic acids is 1. The first-order valence-corrected chi connectivity index (χ1v) is 10.2. The van der Waals surface area contributed by atoms with Crippen LogP contribution < -0.4 is 5.32 Å². The second kappa shape index (κ2) is 8.26. The highest BCUT2D eigenvalue weighted by atomic mass is 16.2. The van der Waals surface area contributed by atoms with Crippen LogP contribution in [0.5, 0.6) is 0 Å². The molecule has 8 nitrogen and oxygen atoms in total. The molecule has 0 unspecified atom stereocenters. The summed E-state index contributed by atoms with van der Waals surface area (Å²) < 4.78 is 2.10. The van der Waals surface area contributed by atoms with E-state index in [2.05, 4.69) is 44.8 Å². The minimum absolute atomic E-state index is 0.0312. The van der Waals surface area contributed by atoms with Crippen LogP contribution in [0.2, 0.25) is 0 Å². The number of anilines is 1. The molecule has 0 aliphatic carbocycles. The average Bonchev–Trinajstić information content (AvgIpc) is 3.35. The monoisotopic (exact) mass is 383 g/mol. The minimum atomic E-state index is -0.0312. The summed E-state index contributed by atoms with van der Waals surface area (Å²) in [5, 5.41) is 7.97. The Labute approximate surface area is 165 Å². The van der Waals surface area contributed by atoms with E-state index in [0.29, 0.717) is 24.0 Å². The summed E-state index contributed by atoms with van der Waals surface area (Å²) in [7, 11) is 0. The first-order valence-electron chi connectivity index (χ1n) is 10.2. The lowest BCUT2D eigenvalue weighted by Gasteiger charge is -2.28. The predicted octanol–water partition coefficient (Wildman–Crippen LogP) is 1.99. The fraction of sp³-hybridized carbons (Fsp3) is 0.600. The number of fused-ring (bicyclic) bond motifs is 1. The van der Waals surface area contributed by atoms with E-state index in [4.69, 9.17) is 5.10 Å². The normalized spacial score (nSPS) is 17.2. The first-order chi connectivity index (χ1) is 13.6. The first kappa shape index (κ1) is 18.9. The summed E-state index contributed by atoms with van der Waals surface area (Å²) in [4.78, 5) is 25.5. The molecule has 4 heterocycles. The van der Waals surface area contributed by atoms with E-state index in [1.165, 1.54) is 5.69 Å². The predicted molar refractivity (Wildman–Crippen MR) is 107 cm³/mol. The molecule has 0 bridgehead atoms. The van der Waals surface area contributed by atoms with Gasteiger partial charge in [0, 0.05) is 32.7 Å². The molecule has 0 radical (unpaired) electrons. The number of likely N-dealkylation sites (tertiary alicyclic amines) is 1. The maximum Gasteiger partial charge on any atom is 0.274 e. The molecular weight excluding hydrogens is 354 g/mol. The van der Waals surface area contributed by atoms with Gasteiger partial charge in [-0.2, -0.15) is 5.10 Å². The number of nitrogens with one attached hydrogen (secondary N) is 1. The van der Waals surface area contributed by atoms with Gasteiger partial charge in [-0.15, -0.1) is 0 Å². The van der Waals surface area contributed by atoms with Gasteiger partial charge in [0.2, 0.25) is 0 Å². The fourth-order valence-electron chi connectivity index (χ4n) is 3.96. The molecule has 4 rings (SSSR count). The van der Waals surface area contributed by atoms with Gasteiger partial charge in [0.25, 0.3) is 5.91 Å². The van der Waals surface area contributed by atoms with Crippen molar-refractivity contribution in [2.75, 3.05) is 31.5 Å². The number of rotatable bonds is 6. The quantitative estimate of drug-likeness (QED) is 0.822. The Kier molecular flexibility index (Phi) is 5.57. The van der Waals surface area contributed by atoms with E-state index in [1.54, 1.807) is 12.4 Å². The number of nitrogens with zero attached hydrogens (tertiary/aromatic N) is 6. The standard InChI is InChI=1S/C20H29N7O/c1-15(2)13-25-7-8-27-17(14-25)9-16(24-27)10-22-19-12-21-11-18(23-19)20(28)26-5-3-4-6-26/h9,11-12,15H,3-8,10,13-14H2,1-2H3,(H,22,23). The van der Waals surface area contributed by atoms with E-state index in [1.807, 2.05) is 4.90 Å². The molecule has 2 aliphatic heterocycles. The Morgan fingerprint density at radius 2 is 2.00 bits per heavy atom. The van der Waals surface area contributed by atoms with Gasteiger partial charge >= 0.3 is 0 Å². The Balaban J connectivity index is 1.37. The molecule has 150 valence electrons. The maximum atomic E-state index is 12.5. The number of carbonyl (C=O) groups is 1. The van der Waals surface area contributed by atoms with Crippen molar-refractivity contribution in [1.29, 1.82) is 0 Å². The topological polar surface area (TPSA) is 79.2 Å². The lowest BCUT2D eigenvalue weighted by molar-refractivity contribution is 0.0786. The van der Waals surface area contributed by atoms with Gasteiger partial charge in [0.15, 0.2) is 0 Å². The van der Waals surface area contributed by atoms with Crippen LogP contribution in [-0.2, 0) is 19.6 Å². The van der Waals surface area contributed by atoms with E-state index < -0.39 is 0 Å². The highest BCUT2D eigenvalue weighted by Crippen LogP contribution is 2.16. The van der Waals surface area contributed by atoms with Crippen molar-refractivity contribution >= 4 is 11.7 Å². The van der Waals surface area contributed by atoms with Gasteiger partial charge < -0.3 is 10.2 Å². The molecule has 0 spiro atoms. The molecule has 0 saturated carbocycles. The lowest BCUT2D eigenvalue weighted by atomic mass is 10.2. The van der Waals surface area contributed by atoms with E-state index in [9.17, 15) is 4.79 Å². The number of aromatic nitrogens is 4. The van der Waals surface area contributed by atoms with E-state index >= 15 is 0 Å². The van der Waals surface area contributed by atoms with Crippen molar-refractivity contribution in [3.05, 3.63) is 35.5 Å². The SMILES string of the molecule is CC(C)CN1CCn2nc(CNc3cncc(C(=O)N4CCCC4)n3)cc2C1. The Morgan fingerprint density at radius 3 is 2.79 bits per heavy atom. The van der Waals surface area contributed by atoms with E-state index in [-0.39, 0.29) is 5.91 Å². The van der Waals surface area contributed by atoms with Gasteiger partial charge in [-0.1, -0.05) is 13.8 Å². The van der Waals surface area contributed by atoms with Gasteiger partial charge in [-0.25, -0.2) is 4.98 Å². The van der Waals surface area contributed by atoms with Crippen LogP contribution in [0.15, 0.2) is 18.5 Å². The van der Waals surface area contributed by atoms with Crippen molar-refractivity contribution in [2.45, 2.75) is 46.3 Å². The molecule has 2 aromatic rings. The second-order valence-electron chi connectivity index (χ2n) is 8.12. The molecule has 0 atom stereocenters. The van der Waals surface area contributed by atoms with Crippen LogP contribution in [0, 0.1) is 5.92 Å². The molecule has 1 saturated heterocycles. The van der Waals surface area contributed by atoms with Crippen molar-refractivity contribution in [1.82, 2.24) is 29.5 Å². The smallest absolute Gasteiger partial charge is 0.274 e. The summed E-state index contributed by atoms with van der Waals surface area (Å²) >= 11 is 0. The molecule has 2 aliphatic rings. The largest absolute Gasteiger partial charge is 0.363 e. The zero-order valence-electron chi connectivity index (χ0n) is 16.8. The minimum Gasteiger partial charge on any atom is -0.363 e. The molecule has 2 aromatic heterocycles. The van der Waals surface area contributed by atoms with E-state index in [0.717, 1.165) is 57.8 Å².